The molecule has 2 heterocycles. The number of aryl methyl sites for hydroxylation is 1. The van der Waals surface area contributed by atoms with Crippen molar-refractivity contribution in [3.8, 4) is 0 Å². The second-order valence-electron chi connectivity index (χ2n) is 5.22. The molecule has 2 aliphatic heterocycles. The van der Waals surface area contributed by atoms with Crippen molar-refractivity contribution >= 4 is 5.96 Å². The minimum Gasteiger partial charge on any atom is -0.352 e. The molecule has 0 bridgehead atoms. The van der Waals surface area contributed by atoms with Crippen molar-refractivity contribution in [2.45, 2.75) is 32.4 Å². The summed E-state index contributed by atoms with van der Waals surface area (Å²) in [5.41, 5.74) is 1.76. The predicted molar refractivity (Wildman–Crippen MR) is 70.1 cm³/mol. The van der Waals surface area contributed by atoms with Crippen LogP contribution < -0.4 is 5.32 Å². The van der Waals surface area contributed by atoms with Gasteiger partial charge in [-0.15, -0.1) is 0 Å². The zero-order chi connectivity index (χ0) is 12.7. The average Bonchev–Trinajstić information content (AvgIpc) is 2.72. The van der Waals surface area contributed by atoms with E-state index in [1.54, 1.807) is 13.0 Å². The van der Waals surface area contributed by atoms with Gasteiger partial charge in [0.25, 0.3) is 0 Å². The Morgan fingerprint density at radius 2 is 2.28 bits per heavy atom. The molecule has 0 aliphatic carbocycles. The highest BCUT2D eigenvalue weighted by Crippen LogP contribution is 2.30. The van der Waals surface area contributed by atoms with Crippen molar-refractivity contribution in [2.24, 2.45) is 4.99 Å². The molecule has 96 valence electrons. The van der Waals surface area contributed by atoms with E-state index in [2.05, 4.69) is 22.1 Å². The van der Waals surface area contributed by atoms with E-state index in [0.717, 1.165) is 31.0 Å². The van der Waals surface area contributed by atoms with E-state index in [-0.39, 0.29) is 11.9 Å². The summed E-state index contributed by atoms with van der Waals surface area (Å²) in [4.78, 5) is 6.76. The maximum atomic E-state index is 13.7. The lowest BCUT2D eigenvalue weighted by Gasteiger charge is -2.32. The number of benzene rings is 1. The van der Waals surface area contributed by atoms with Crippen molar-refractivity contribution in [1.82, 2.24) is 10.2 Å². The van der Waals surface area contributed by atoms with E-state index >= 15 is 0 Å². The highest BCUT2D eigenvalue weighted by Gasteiger charge is 2.33. The molecule has 0 spiro atoms. The quantitative estimate of drug-likeness (QED) is 0.824. The maximum absolute atomic E-state index is 13.7. The lowest BCUT2D eigenvalue weighted by Crippen LogP contribution is -2.37. The predicted octanol–water partition coefficient (Wildman–Crippen LogP) is 2.23. The number of nitrogens with one attached hydrogen (secondary N) is 1. The van der Waals surface area contributed by atoms with Gasteiger partial charge in [-0.3, -0.25) is 4.99 Å². The first kappa shape index (κ1) is 11.5. The summed E-state index contributed by atoms with van der Waals surface area (Å²) < 4.78 is 13.7. The zero-order valence-corrected chi connectivity index (χ0v) is 10.8. The molecular formula is C14H18FN3. The minimum absolute atomic E-state index is 0.114. The number of aliphatic imine (C=N–C) groups is 1. The van der Waals surface area contributed by atoms with Gasteiger partial charge in [0, 0.05) is 19.1 Å². The summed E-state index contributed by atoms with van der Waals surface area (Å²) >= 11 is 0. The fourth-order valence-corrected chi connectivity index (χ4v) is 2.75. The minimum atomic E-state index is -0.114. The van der Waals surface area contributed by atoms with Gasteiger partial charge in [-0.05, 0) is 37.5 Å². The fourth-order valence-electron chi connectivity index (χ4n) is 2.75. The van der Waals surface area contributed by atoms with E-state index in [9.17, 15) is 4.39 Å². The molecule has 0 saturated carbocycles. The van der Waals surface area contributed by atoms with Crippen molar-refractivity contribution in [2.75, 3.05) is 13.1 Å². The molecule has 1 saturated heterocycles. The topological polar surface area (TPSA) is 27.6 Å². The van der Waals surface area contributed by atoms with Crippen molar-refractivity contribution < 1.29 is 4.39 Å². The van der Waals surface area contributed by atoms with Gasteiger partial charge in [-0.25, -0.2) is 4.39 Å². The smallest absolute Gasteiger partial charge is 0.194 e. The van der Waals surface area contributed by atoms with E-state index in [1.165, 1.54) is 0 Å². The van der Waals surface area contributed by atoms with Crippen LogP contribution in [-0.2, 0) is 0 Å². The second kappa shape index (κ2) is 4.26. The van der Waals surface area contributed by atoms with Crippen LogP contribution in [0.3, 0.4) is 0 Å². The van der Waals surface area contributed by atoms with Crippen LogP contribution in [0.2, 0.25) is 0 Å². The molecule has 0 amide bonds. The molecule has 0 radical (unpaired) electrons. The van der Waals surface area contributed by atoms with Gasteiger partial charge in [0.1, 0.15) is 5.82 Å². The van der Waals surface area contributed by atoms with Gasteiger partial charge in [0.05, 0.1) is 6.04 Å². The van der Waals surface area contributed by atoms with Crippen LogP contribution in [0.1, 0.15) is 30.5 Å². The Kier molecular flexibility index (Phi) is 2.73. The largest absolute Gasteiger partial charge is 0.352 e. The van der Waals surface area contributed by atoms with Gasteiger partial charge in [-0.2, -0.15) is 0 Å². The van der Waals surface area contributed by atoms with Crippen LogP contribution in [0.15, 0.2) is 23.2 Å². The number of nitrogens with zero attached hydrogens (tertiary/aromatic N) is 2. The molecule has 0 aromatic heterocycles. The van der Waals surface area contributed by atoms with Crippen LogP contribution in [0.25, 0.3) is 0 Å². The van der Waals surface area contributed by atoms with Crippen molar-refractivity contribution in [1.29, 1.82) is 0 Å². The summed E-state index contributed by atoms with van der Waals surface area (Å²) in [7, 11) is 0. The Hall–Kier alpha value is -1.58. The molecule has 1 aromatic rings. The van der Waals surface area contributed by atoms with Crippen LogP contribution in [0.4, 0.5) is 4.39 Å². The molecular weight excluding hydrogens is 229 g/mol. The molecule has 1 aromatic carbocycles. The first-order valence-corrected chi connectivity index (χ1v) is 6.49. The van der Waals surface area contributed by atoms with E-state index in [4.69, 9.17) is 0 Å². The fraction of sp³-hybridized carbons (Fsp3) is 0.500. The Bertz CT molecular complexity index is 498. The Morgan fingerprint density at radius 1 is 1.44 bits per heavy atom. The number of fused-ring (bicyclic) bond motifs is 1. The standard InChI is InChI=1S/C14H18FN3/c1-9-3-4-11(7-12(9)15)13-5-6-16-14-17-10(2)8-18(13)14/h3-4,7,10,13H,5-6,8H2,1-2H3,(H,16,17). The third kappa shape index (κ3) is 1.85. The number of hydrogen-bond donors (Lipinski definition) is 1. The number of halogens is 1. The summed E-state index contributed by atoms with van der Waals surface area (Å²) in [5.74, 6) is 0.858. The highest BCUT2D eigenvalue weighted by atomic mass is 19.1. The van der Waals surface area contributed by atoms with Crippen LogP contribution in [0, 0.1) is 12.7 Å². The summed E-state index contributed by atoms with van der Waals surface area (Å²) in [5, 5.41) is 3.36. The Labute approximate surface area is 107 Å². The van der Waals surface area contributed by atoms with Crippen molar-refractivity contribution in [3.63, 3.8) is 0 Å². The molecule has 1 N–H and O–H groups in total. The lowest BCUT2D eigenvalue weighted by atomic mass is 9.99. The number of rotatable bonds is 1. The molecule has 3 nitrogen and oxygen atoms in total. The molecule has 2 atom stereocenters. The van der Waals surface area contributed by atoms with Crippen molar-refractivity contribution in [3.05, 3.63) is 35.1 Å². The monoisotopic (exact) mass is 247 g/mol. The van der Waals surface area contributed by atoms with Crippen LogP contribution in [0.5, 0.6) is 0 Å². The van der Waals surface area contributed by atoms with Crippen LogP contribution >= 0.6 is 0 Å². The Balaban J connectivity index is 1.92. The normalized spacial score (nSPS) is 26.6. The van der Waals surface area contributed by atoms with Gasteiger partial charge >= 0.3 is 0 Å². The molecule has 2 aliphatic rings. The maximum Gasteiger partial charge on any atom is 0.194 e. The molecule has 18 heavy (non-hydrogen) atoms. The summed E-state index contributed by atoms with van der Waals surface area (Å²) in [6.07, 6.45) is 0.959. The summed E-state index contributed by atoms with van der Waals surface area (Å²) in [6.45, 7) is 5.70. The van der Waals surface area contributed by atoms with E-state index in [1.807, 2.05) is 12.1 Å². The second-order valence-corrected chi connectivity index (χ2v) is 5.22. The third-order valence-corrected chi connectivity index (χ3v) is 3.74. The zero-order valence-electron chi connectivity index (χ0n) is 10.8. The number of guanidine groups is 1. The molecule has 4 heteroatoms. The molecule has 3 rings (SSSR count). The highest BCUT2D eigenvalue weighted by molar-refractivity contribution is 5.83. The first-order chi connectivity index (χ1) is 8.65. The van der Waals surface area contributed by atoms with Gasteiger partial charge < -0.3 is 10.2 Å². The lowest BCUT2D eigenvalue weighted by molar-refractivity contribution is 0.304. The summed E-state index contributed by atoms with van der Waals surface area (Å²) in [6, 6.07) is 6.24. The van der Waals surface area contributed by atoms with Gasteiger partial charge in [0.2, 0.25) is 0 Å². The molecule has 1 fully saturated rings. The average molecular weight is 247 g/mol. The molecule has 2 unspecified atom stereocenters. The van der Waals surface area contributed by atoms with Crippen LogP contribution in [-0.4, -0.2) is 30.0 Å². The first-order valence-electron chi connectivity index (χ1n) is 6.49. The Morgan fingerprint density at radius 3 is 3.06 bits per heavy atom. The SMILES string of the molecule is Cc1ccc(C2CCN=C3NC(C)CN32)cc1F. The van der Waals surface area contributed by atoms with E-state index in [0.29, 0.717) is 11.6 Å². The number of hydrogen-bond acceptors (Lipinski definition) is 3. The third-order valence-electron chi connectivity index (χ3n) is 3.74. The van der Waals surface area contributed by atoms with Gasteiger partial charge in [-0.1, -0.05) is 12.1 Å². The van der Waals surface area contributed by atoms with E-state index < -0.39 is 0 Å². The van der Waals surface area contributed by atoms with Gasteiger partial charge in [0.15, 0.2) is 5.96 Å².